The Bertz CT molecular complexity index is 1600. The average molecular weight is 600 g/mol. The van der Waals surface area contributed by atoms with Crippen molar-refractivity contribution in [2.24, 2.45) is 0 Å². The molecular weight excluding hydrogens is 560 g/mol. The SMILES string of the molecule is CC(C)c1c(C(=O)Nc2ccccc2)c(-c2ccccc2)c(-c2ccc(F)cc2)n1CC[C@@H]1C[C@H](C[13C](=O)O)OC(C)(C)O1. The van der Waals surface area contributed by atoms with Gasteiger partial charge in [0.05, 0.1) is 29.9 Å². The molecule has 1 amide bonds. The van der Waals surface area contributed by atoms with Crippen molar-refractivity contribution in [3.63, 3.8) is 0 Å². The molecule has 1 aliphatic rings. The summed E-state index contributed by atoms with van der Waals surface area (Å²) in [4.78, 5) is 25.7. The van der Waals surface area contributed by atoms with Crippen molar-refractivity contribution in [1.29, 1.82) is 0 Å². The fourth-order valence-corrected chi connectivity index (χ4v) is 6.20. The van der Waals surface area contributed by atoms with Crippen LogP contribution in [0.2, 0.25) is 0 Å². The van der Waals surface area contributed by atoms with Gasteiger partial charge in [0.1, 0.15) is 5.82 Å². The van der Waals surface area contributed by atoms with Gasteiger partial charge >= 0.3 is 5.97 Å². The van der Waals surface area contributed by atoms with Gasteiger partial charge in [-0.25, -0.2) is 4.39 Å². The summed E-state index contributed by atoms with van der Waals surface area (Å²) >= 11 is 0. The summed E-state index contributed by atoms with van der Waals surface area (Å²) in [5.74, 6) is -2.47. The molecule has 5 rings (SSSR count). The number of rotatable bonds is 10. The zero-order valence-corrected chi connectivity index (χ0v) is 25.5. The monoisotopic (exact) mass is 599 g/mol. The molecule has 0 spiro atoms. The third-order valence-electron chi connectivity index (χ3n) is 7.79. The Labute approximate surface area is 257 Å². The molecule has 2 heterocycles. The Hall–Kier alpha value is -4.27. The molecule has 0 radical (unpaired) electrons. The van der Waals surface area contributed by atoms with Crippen LogP contribution >= 0.6 is 0 Å². The molecule has 0 aliphatic carbocycles. The predicted molar refractivity (Wildman–Crippen MR) is 169 cm³/mol. The number of carboxylic acids is 1. The van der Waals surface area contributed by atoms with E-state index in [4.69, 9.17) is 9.47 Å². The van der Waals surface area contributed by atoms with Gasteiger partial charge in [-0.05, 0) is 73.7 Å². The van der Waals surface area contributed by atoms with Crippen LogP contribution in [0.15, 0.2) is 84.9 Å². The molecule has 2 N–H and O–H groups in total. The van der Waals surface area contributed by atoms with Gasteiger partial charge in [0.25, 0.3) is 5.91 Å². The van der Waals surface area contributed by atoms with Gasteiger partial charge in [0.15, 0.2) is 5.79 Å². The lowest BCUT2D eigenvalue weighted by molar-refractivity contribution is -0.300. The van der Waals surface area contributed by atoms with Crippen molar-refractivity contribution < 1.29 is 28.6 Å². The number of para-hydroxylation sites is 1. The van der Waals surface area contributed by atoms with Crippen LogP contribution in [0, 0.1) is 5.82 Å². The Morgan fingerprint density at radius 2 is 1.55 bits per heavy atom. The minimum Gasteiger partial charge on any atom is -0.481 e. The standard InChI is InChI=1S/C36H39FN2O5/c1-23(2)33-32(35(42)38-27-13-9-6-10-14-27)31(24-11-7-5-8-12-24)34(25-15-17-26(37)18-16-25)39(33)20-19-28-21-29(22-30(40)41)44-36(3,4)43-28/h5-18,23,28-29H,19-22H2,1-4H3,(H,38,42)(H,40,41)/t28-,29-/m1/s1/i30+1. The Morgan fingerprint density at radius 1 is 0.932 bits per heavy atom. The van der Waals surface area contributed by atoms with Crippen LogP contribution in [-0.2, 0) is 20.8 Å². The highest BCUT2D eigenvalue weighted by Crippen LogP contribution is 2.43. The molecule has 4 aromatic rings. The molecule has 44 heavy (non-hydrogen) atoms. The van der Waals surface area contributed by atoms with E-state index in [1.807, 2.05) is 60.7 Å². The van der Waals surface area contributed by atoms with Gasteiger partial charge in [0, 0.05) is 29.9 Å². The maximum absolute atomic E-state index is 14.2. The number of hydrogen-bond donors (Lipinski definition) is 2. The maximum atomic E-state index is 14.2. The minimum atomic E-state index is -0.934. The number of carbonyl (C=O) groups is 2. The summed E-state index contributed by atoms with van der Waals surface area (Å²) in [7, 11) is 0. The van der Waals surface area contributed by atoms with E-state index < -0.39 is 17.9 Å². The Kier molecular flexibility index (Phi) is 9.32. The first kappa shape index (κ1) is 31.2. The molecule has 0 saturated carbocycles. The topological polar surface area (TPSA) is 89.8 Å². The van der Waals surface area contributed by atoms with Crippen molar-refractivity contribution in [3.8, 4) is 22.4 Å². The zero-order valence-electron chi connectivity index (χ0n) is 25.5. The molecule has 2 atom stereocenters. The summed E-state index contributed by atoms with van der Waals surface area (Å²) in [6, 6.07) is 25.5. The Balaban J connectivity index is 1.66. The molecule has 1 aromatic heterocycles. The van der Waals surface area contributed by atoms with Crippen LogP contribution in [0.25, 0.3) is 22.4 Å². The number of nitrogens with zero attached hydrogens (tertiary/aromatic N) is 1. The fraction of sp³-hybridized carbons (Fsp3) is 0.333. The first-order chi connectivity index (χ1) is 21.0. The molecule has 8 heteroatoms. The number of aliphatic carboxylic acids is 1. The lowest BCUT2D eigenvalue weighted by Crippen LogP contribution is -2.45. The second kappa shape index (κ2) is 13.2. The van der Waals surface area contributed by atoms with Crippen molar-refractivity contribution in [1.82, 2.24) is 4.57 Å². The summed E-state index contributed by atoms with van der Waals surface area (Å²) in [5.41, 5.74) is 5.33. The van der Waals surface area contributed by atoms with Gasteiger partial charge in [-0.1, -0.05) is 62.4 Å². The highest BCUT2D eigenvalue weighted by Gasteiger charge is 2.37. The van der Waals surface area contributed by atoms with E-state index in [2.05, 4.69) is 23.7 Å². The van der Waals surface area contributed by atoms with E-state index >= 15 is 0 Å². The van der Waals surface area contributed by atoms with E-state index in [0.717, 1.165) is 28.1 Å². The van der Waals surface area contributed by atoms with Gasteiger partial charge in [-0.3, -0.25) is 9.59 Å². The van der Waals surface area contributed by atoms with Crippen LogP contribution in [0.3, 0.4) is 0 Å². The zero-order chi connectivity index (χ0) is 31.4. The lowest BCUT2D eigenvalue weighted by Gasteiger charge is -2.40. The molecule has 1 saturated heterocycles. The Morgan fingerprint density at radius 3 is 2.16 bits per heavy atom. The van der Waals surface area contributed by atoms with Gasteiger partial charge in [-0.2, -0.15) is 0 Å². The van der Waals surface area contributed by atoms with E-state index in [0.29, 0.717) is 30.6 Å². The number of halogens is 1. The molecule has 7 nitrogen and oxygen atoms in total. The molecule has 230 valence electrons. The highest BCUT2D eigenvalue weighted by atomic mass is 19.1. The van der Waals surface area contributed by atoms with E-state index in [1.165, 1.54) is 12.1 Å². The second-order valence-corrected chi connectivity index (χ2v) is 12.0. The number of aromatic nitrogens is 1. The molecule has 1 fully saturated rings. The molecule has 1 aliphatic heterocycles. The number of carbonyl (C=O) groups excluding carboxylic acids is 1. The van der Waals surface area contributed by atoms with Crippen LogP contribution in [0.4, 0.5) is 10.1 Å². The van der Waals surface area contributed by atoms with Crippen LogP contribution in [-0.4, -0.2) is 39.5 Å². The second-order valence-electron chi connectivity index (χ2n) is 12.0. The number of ether oxygens (including phenoxy) is 2. The smallest absolute Gasteiger partial charge is 0.305 e. The third kappa shape index (κ3) is 7.09. The molecule has 0 bridgehead atoms. The van der Waals surface area contributed by atoms with Crippen molar-refractivity contribution in [2.75, 3.05) is 5.32 Å². The van der Waals surface area contributed by atoms with Crippen molar-refractivity contribution >= 4 is 17.6 Å². The number of amides is 1. The molecular formula is C36H39FN2O5. The maximum Gasteiger partial charge on any atom is 0.305 e. The van der Waals surface area contributed by atoms with E-state index in [1.54, 1.807) is 26.0 Å². The summed E-state index contributed by atoms with van der Waals surface area (Å²) < 4.78 is 28.5. The van der Waals surface area contributed by atoms with Crippen molar-refractivity contribution in [2.45, 2.75) is 77.4 Å². The van der Waals surface area contributed by atoms with Crippen LogP contribution in [0.5, 0.6) is 0 Å². The van der Waals surface area contributed by atoms with Gasteiger partial charge in [0.2, 0.25) is 0 Å². The first-order valence-corrected chi connectivity index (χ1v) is 15.0. The average Bonchev–Trinajstić information content (AvgIpc) is 3.32. The fourth-order valence-electron chi connectivity index (χ4n) is 6.20. The first-order valence-electron chi connectivity index (χ1n) is 15.0. The van der Waals surface area contributed by atoms with Crippen LogP contribution < -0.4 is 5.32 Å². The largest absolute Gasteiger partial charge is 0.481 e. The highest BCUT2D eigenvalue weighted by molar-refractivity contribution is 6.12. The lowest BCUT2D eigenvalue weighted by atomic mass is 9.94. The molecule has 0 unspecified atom stereocenters. The van der Waals surface area contributed by atoms with Crippen LogP contribution in [0.1, 0.15) is 68.9 Å². The number of hydrogen-bond acceptors (Lipinski definition) is 4. The summed E-state index contributed by atoms with van der Waals surface area (Å²) in [6.07, 6.45) is 0.145. The third-order valence-corrected chi connectivity index (χ3v) is 7.79. The minimum absolute atomic E-state index is 0.0463. The van der Waals surface area contributed by atoms with E-state index in [-0.39, 0.29) is 30.2 Å². The van der Waals surface area contributed by atoms with E-state index in [9.17, 15) is 19.1 Å². The quantitative estimate of drug-likeness (QED) is 0.180. The normalized spacial score (nSPS) is 17.9. The van der Waals surface area contributed by atoms with Crippen molar-refractivity contribution in [3.05, 3.63) is 102 Å². The summed E-state index contributed by atoms with van der Waals surface area (Å²) in [6.45, 7) is 8.20. The number of carboxylic acid groups (broad SMARTS) is 1. The number of anilines is 1. The van der Waals surface area contributed by atoms with Gasteiger partial charge in [-0.15, -0.1) is 0 Å². The van der Waals surface area contributed by atoms with Gasteiger partial charge < -0.3 is 24.5 Å². The number of nitrogens with one attached hydrogen (secondary N) is 1. The summed E-state index contributed by atoms with van der Waals surface area (Å²) in [5, 5.41) is 12.5. The number of benzene rings is 3. The molecule has 3 aromatic carbocycles. The predicted octanol–water partition coefficient (Wildman–Crippen LogP) is 8.11.